The molecule has 0 unspecified atom stereocenters. The van der Waals surface area contributed by atoms with Crippen LogP contribution in [0, 0.1) is 51.4 Å². The number of hydrogen-bond donors (Lipinski definition) is 0. The molecule has 52 heavy (non-hydrogen) atoms. The Bertz CT molecular complexity index is 2480. The molecule has 0 aliphatic heterocycles. The van der Waals surface area contributed by atoms with E-state index in [1.54, 1.807) is 40.8 Å². The van der Waals surface area contributed by atoms with Crippen molar-refractivity contribution in [2.75, 3.05) is 13.7 Å². The molecule has 0 spiro atoms. The van der Waals surface area contributed by atoms with E-state index in [-0.39, 0.29) is 11.1 Å². The first-order chi connectivity index (χ1) is 25.0. The van der Waals surface area contributed by atoms with Crippen molar-refractivity contribution in [2.45, 2.75) is 47.7 Å². The van der Waals surface area contributed by atoms with E-state index in [1.807, 2.05) is 104 Å². The Morgan fingerprint density at radius 3 is 1.52 bits per heavy atom. The first-order valence-electron chi connectivity index (χ1n) is 16.6. The molecule has 0 N–H and O–H groups in total. The van der Waals surface area contributed by atoms with Gasteiger partial charge in [0.25, 0.3) is 11.1 Å². The number of ether oxygens (including phenoxy) is 1. The first-order valence-corrected chi connectivity index (χ1v) is 17.3. The predicted octanol–water partition coefficient (Wildman–Crippen LogP) is 7.07. The number of methoxy groups -OCH3 is 1. The molecule has 264 valence electrons. The first kappa shape index (κ1) is 37.7. The largest absolute Gasteiger partial charge is 0.383 e. The summed E-state index contributed by atoms with van der Waals surface area (Å²) in [5, 5.41) is 1.30. The number of pyridine rings is 2. The molecule has 4 aromatic heterocycles. The molecular weight excluding hydrogens is 695 g/mol. The Kier molecular flexibility index (Phi) is 12.4. The average Bonchev–Trinajstić information content (AvgIpc) is 3.57. The smallest absolute Gasteiger partial charge is 0.252 e. The van der Waals surface area contributed by atoms with Gasteiger partial charge in [-0.25, -0.2) is 9.97 Å². The van der Waals surface area contributed by atoms with Crippen LogP contribution in [0.4, 0.5) is 0 Å². The second-order valence-corrected chi connectivity index (χ2v) is 12.7. The minimum atomic E-state index is -0.0800. The van der Waals surface area contributed by atoms with Gasteiger partial charge in [0, 0.05) is 65.9 Å². The molecule has 0 radical (unpaired) electrons. The lowest BCUT2D eigenvalue weighted by atomic mass is 10.2. The van der Waals surface area contributed by atoms with E-state index in [4.69, 9.17) is 27.9 Å². The zero-order chi connectivity index (χ0) is 37.4. The van der Waals surface area contributed by atoms with Gasteiger partial charge in [-0.1, -0.05) is 47.2 Å². The molecule has 11 heteroatoms. The Hall–Kier alpha value is -5.58. The molecular formula is C41H38Cl2N6O3. The summed E-state index contributed by atoms with van der Waals surface area (Å²) in [6.07, 6.45) is 3.57. The van der Waals surface area contributed by atoms with Crippen LogP contribution >= 0.6 is 23.2 Å². The zero-order valence-corrected chi connectivity index (χ0v) is 31.4. The van der Waals surface area contributed by atoms with Gasteiger partial charge in [-0.3, -0.25) is 18.7 Å². The van der Waals surface area contributed by atoms with Gasteiger partial charge in [-0.2, -0.15) is 0 Å². The molecule has 0 saturated carbocycles. The second kappa shape index (κ2) is 17.1. The van der Waals surface area contributed by atoms with E-state index in [2.05, 4.69) is 33.6 Å². The number of hydrogen-bond acceptors (Lipinski definition) is 5. The topological polar surface area (TPSA) is 88.9 Å². The number of halogens is 2. The Morgan fingerprint density at radius 1 is 0.654 bits per heavy atom. The molecule has 9 nitrogen and oxygen atoms in total. The lowest BCUT2D eigenvalue weighted by Gasteiger charge is -2.10. The third kappa shape index (κ3) is 9.01. The van der Waals surface area contributed by atoms with E-state index in [0.29, 0.717) is 41.1 Å². The van der Waals surface area contributed by atoms with Gasteiger partial charge in [0.1, 0.15) is 23.0 Å². The van der Waals surface area contributed by atoms with Crippen molar-refractivity contribution in [3.63, 3.8) is 0 Å². The molecule has 0 aliphatic carbocycles. The molecule has 6 rings (SSSR count). The molecule has 0 amide bonds. The fourth-order valence-corrected chi connectivity index (χ4v) is 5.96. The van der Waals surface area contributed by atoms with Crippen molar-refractivity contribution in [1.29, 1.82) is 0 Å². The molecule has 0 fully saturated rings. The number of nitrogens with zero attached hydrogens (tertiary/aromatic N) is 6. The fraction of sp³-hybridized carbons (Fsp3) is 0.220. The quantitative estimate of drug-likeness (QED) is 0.171. The van der Waals surface area contributed by atoms with Crippen molar-refractivity contribution in [1.82, 2.24) is 28.2 Å². The third-order valence-corrected chi connectivity index (χ3v) is 8.67. The molecule has 2 aromatic carbocycles. The Balaban J connectivity index is 0.000000202. The highest BCUT2D eigenvalue weighted by atomic mass is 35.5. The monoisotopic (exact) mass is 732 g/mol. The number of aryl methyl sites for hydroxylation is 3. The van der Waals surface area contributed by atoms with Crippen LogP contribution in [-0.2, 0) is 17.8 Å². The van der Waals surface area contributed by atoms with Crippen LogP contribution in [0.2, 0.25) is 10.0 Å². The van der Waals surface area contributed by atoms with E-state index in [9.17, 15) is 9.59 Å². The van der Waals surface area contributed by atoms with Crippen LogP contribution in [0.5, 0.6) is 0 Å². The maximum absolute atomic E-state index is 12.3. The van der Waals surface area contributed by atoms with Gasteiger partial charge >= 0.3 is 0 Å². The Morgan fingerprint density at radius 2 is 1.12 bits per heavy atom. The molecule has 4 heterocycles. The predicted molar refractivity (Wildman–Crippen MR) is 207 cm³/mol. The van der Waals surface area contributed by atoms with Crippen LogP contribution in [0.3, 0.4) is 0 Å². The van der Waals surface area contributed by atoms with Crippen molar-refractivity contribution >= 4 is 23.2 Å². The van der Waals surface area contributed by atoms with Crippen LogP contribution in [-0.4, -0.2) is 42.0 Å². The van der Waals surface area contributed by atoms with Crippen molar-refractivity contribution in [3.8, 4) is 35.1 Å². The molecule has 0 atom stereocenters. The molecule has 6 aromatic rings. The minimum absolute atomic E-state index is 0.0286. The highest BCUT2D eigenvalue weighted by Crippen LogP contribution is 2.18. The summed E-state index contributed by atoms with van der Waals surface area (Å²) >= 11 is 12.0. The van der Waals surface area contributed by atoms with Crippen LogP contribution in [0.15, 0.2) is 94.8 Å². The fourth-order valence-electron chi connectivity index (χ4n) is 5.58. The number of aromatic nitrogens is 6. The van der Waals surface area contributed by atoms with Crippen LogP contribution in [0.1, 0.15) is 52.5 Å². The van der Waals surface area contributed by atoms with Gasteiger partial charge in [0.15, 0.2) is 0 Å². The maximum Gasteiger partial charge on any atom is 0.252 e. The summed E-state index contributed by atoms with van der Waals surface area (Å²) in [5.41, 5.74) is 6.28. The maximum atomic E-state index is 12.3. The van der Waals surface area contributed by atoms with Gasteiger partial charge < -0.3 is 13.9 Å². The van der Waals surface area contributed by atoms with Gasteiger partial charge in [0.05, 0.1) is 29.4 Å². The van der Waals surface area contributed by atoms with Crippen LogP contribution in [0.25, 0.3) is 11.4 Å². The Labute approximate surface area is 313 Å². The molecule has 0 bridgehead atoms. The summed E-state index contributed by atoms with van der Waals surface area (Å²) in [4.78, 5) is 33.5. The SMILES string of the molecule is CCn1ccc(-n2c(C)nc(C#Cc3cccc(Cl)c3)c2C)cc1=O.COCCn1ccc(-n2c(C)nc(C#Cc3cccc(Cl)c3)c2C)cc1=O. The van der Waals surface area contributed by atoms with Gasteiger partial charge in [0.2, 0.25) is 0 Å². The lowest BCUT2D eigenvalue weighted by Crippen LogP contribution is -2.21. The normalized spacial score (nSPS) is 10.5. The standard InChI is InChI=1S/C21H20ClN3O2.C20H18ClN3O/c1-15-20(8-7-17-5-4-6-18(22)13-17)23-16(2)25(15)19-9-10-24(11-12-27-3)21(26)14-19;1-4-23-11-10-18(13-20(23)25)24-14(2)19(22-15(24)3)9-8-16-6-5-7-17(21)12-16/h4-6,9-10,13-14H,11-12H2,1-3H3;5-7,10-13H,4H2,1-3H3. The van der Waals surface area contributed by atoms with Gasteiger partial charge in [-0.15, -0.1) is 0 Å². The van der Waals surface area contributed by atoms with Crippen molar-refractivity contribution in [3.05, 3.63) is 161 Å². The minimum Gasteiger partial charge on any atom is -0.383 e. The molecule has 0 aliphatic rings. The highest BCUT2D eigenvalue weighted by Gasteiger charge is 2.13. The number of rotatable bonds is 6. The zero-order valence-electron chi connectivity index (χ0n) is 29.9. The second-order valence-electron chi connectivity index (χ2n) is 11.8. The van der Waals surface area contributed by atoms with Crippen molar-refractivity contribution < 1.29 is 4.74 Å². The number of imidazole rings is 2. The van der Waals surface area contributed by atoms with Crippen LogP contribution < -0.4 is 11.1 Å². The van der Waals surface area contributed by atoms with E-state index >= 15 is 0 Å². The summed E-state index contributed by atoms with van der Waals surface area (Å²) in [6.45, 7) is 11.3. The number of benzene rings is 2. The summed E-state index contributed by atoms with van der Waals surface area (Å²) in [7, 11) is 1.61. The lowest BCUT2D eigenvalue weighted by molar-refractivity contribution is 0.186. The summed E-state index contributed by atoms with van der Waals surface area (Å²) in [6, 6.07) is 21.8. The molecule has 0 saturated heterocycles. The van der Waals surface area contributed by atoms with E-state index < -0.39 is 0 Å². The average molecular weight is 734 g/mol. The van der Waals surface area contributed by atoms with Gasteiger partial charge in [-0.05, 0) is 95.0 Å². The summed E-state index contributed by atoms with van der Waals surface area (Å²) < 4.78 is 12.2. The van der Waals surface area contributed by atoms with E-state index in [0.717, 1.165) is 45.5 Å². The third-order valence-electron chi connectivity index (χ3n) is 8.20. The van der Waals surface area contributed by atoms with E-state index in [1.165, 1.54) is 0 Å². The van der Waals surface area contributed by atoms with Crippen molar-refractivity contribution in [2.24, 2.45) is 0 Å². The summed E-state index contributed by atoms with van der Waals surface area (Å²) in [5.74, 6) is 13.9. The highest BCUT2D eigenvalue weighted by molar-refractivity contribution is 6.31.